The monoisotopic (exact) mass is 1320 g/mol. The topological polar surface area (TPSA) is 237 Å². The molecular weight excluding hydrogens is 1190 g/mol. The zero-order chi connectivity index (χ0) is 66.3. The van der Waals surface area contributed by atoms with Crippen molar-refractivity contribution in [2.24, 2.45) is 5.92 Å². The smallest absolute Gasteiger partial charge is 0.462 e. The van der Waals surface area contributed by atoms with Crippen molar-refractivity contribution in [2.45, 2.75) is 387 Å². The van der Waals surface area contributed by atoms with E-state index in [1.807, 2.05) is 0 Å². The van der Waals surface area contributed by atoms with Crippen LogP contribution in [0, 0.1) is 5.92 Å². The number of unbranched alkanes of at least 4 members (excludes halogenated alkanes) is 43. The molecule has 0 aromatic carbocycles. The Kier molecular flexibility index (Phi) is 63.0. The second kappa shape index (κ2) is 64.4. The van der Waals surface area contributed by atoms with Crippen molar-refractivity contribution >= 4 is 39.5 Å². The molecule has 5 atom stereocenters. The summed E-state index contributed by atoms with van der Waals surface area (Å²) in [4.78, 5) is 72.4. The van der Waals surface area contributed by atoms with Gasteiger partial charge < -0.3 is 33.8 Å². The van der Waals surface area contributed by atoms with Gasteiger partial charge in [0.15, 0.2) is 12.2 Å². The van der Waals surface area contributed by atoms with Crippen molar-refractivity contribution in [3.8, 4) is 0 Å². The SMILES string of the molecule is CCCCCCCCCCCCCCCCCCCCCC(=O)O[C@H](COC(=O)CCCCCCCCCCCCCCCC)COP(=O)(O)OC[C@@H](O)COP(=O)(O)OC[C@@H](COC(=O)CCCCCCCCC)OC(=O)CCCCCCCCCC(C)C. The van der Waals surface area contributed by atoms with Crippen molar-refractivity contribution in [3.05, 3.63) is 0 Å². The molecule has 0 amide bonds. The first-order valence-electron chi connectivity index (χ1n) is 37.1. The highest BCUT2D eigenvalue weighted by Crippen LogP contribution is 2.45. The van der Waals surface area contributed by atoms with Gasteiger partial charge in [-0.25, -0.2) is 9.13 Å². The van der Waals surface area contributed by atoms with E-state index in [9.17, 15) is 43.2 Å². The molecule has 0 saturated heterocycles. The summed E-state index contributed by atoms with van der Waals surface area (Å²) in [5, 5.41) is 10.6. The number of ether oxygens (including phenoxy) is 4. The number of rotatable bonds is 71. The maximum atomic E-state index is 13.0. The Morgan fingerprint density at radius 2 is 0.511 bits per heavy atom. The molecule has 0 rings (SSSR count). The molecular formula is C71H138O17P2. The molecule has 0 aromatic heterocycles. The molecule has 0 aliphatic rings. The first-order valence-corrected chi connectivity index (χ1v) is 40.1. The summed E-state index contributed by atoms with van der Waals surface area (Å²) in [5.41, 5.74) is 0. The number of hydrogen-bond acceptors (Lipinski definition) is 15. The van der Waals surface area contributed by atoms with E-state index in [4.69, 9.17) is 37.0 Å². The lowest BCUT2D eigenvalue weighted by Gasteiger charge is -2.21. The molecule has 0 aliphatic heterocycles. The van der Waals surface area contributed by atoms with Crippen molar-refractivity contribution in [3.63, 3.8) is 0 Å². The predicted octanol–water partition coefficient (Wildman–Crippen LogP) is 20.5. The second-order valence-electron chi connectivity index (χ2n) is 26.1. The van der Waals surface area contributed by atoms with Gasteiger partial charge in [0, 0.05) is 25.7 Å². The minimum absolute atomic E-state index is 0.103. The van der Waals surface area contributed by atoms with Crippen LogP contribution in [0.2, 0.25) is 0 Å². The molecule has 0 radical (unpaired) electrons. The van der Waals surface area contributed by atoms with Gasteiger partial charge in [0.2, 0.25) is 0 Å². The van der Waals surface area contributed by atoms with Crippen molar-refractivity contribution in [1.82, 2.24) is 0 Å². The van der Waals surface area contributed by atoms with E-state index in [0.717, 1.165) is 103 Å². The summed E-state index contributed by atoms with van der Waals surface area (Å²) in [5.74, 6) is -1.43. The molecule has 534 valence electrons. The molecule has 0 aliphatic carbocycles. The van der Waals surface area contributed by atoms with Crippen molar-refractivity contribution < 1.29 is 80.2 Å². The van der Waals surface area contributed by atoms with Crippen molar-refractivity contribution in [2.75, 3.05) is 39.6 Å². The van der Waals surface area contributed by atoms with Gasteiger partial charge in [-0.15, -0.1) is 0 Å². The maximum Gasteiger partial charge on any atom is 0.472 e. The number of phosphoric ester groups is 2. The number of carbonyl (C=O) groups is 4. The van der Waals surface area contributed by atoms with E-state index in [2.05, 4.69) is 34.6 Å². The van der Waals surface area contributed by atoms with Gasteiger partial charge >= 0.3 is 39.5 Å². The fraction of sp³-hybridized carbons (Fsp3) is 0.944. The van der Waals surface area contributed by atoms with Crippen LogP contribution in [0.25, 0.3) is 0 Å². The first-order chi connectivity index (χ1) is 43.5. The third-order valence-electron chi connectivity index (χ3n) is 16.5. The Bertz CT molecular complexity index is 1740. The zero-order valence-electron chi connectivity index (χ0n) is 58.3. The lowest BCUT2D eigenvalue weighted by atomic mass is 10.0. The van der Waals surface area contributed by atoms with Crippen LogP contribution in [0.3, 0.4) is 0 Å². The van der Waals surface area contributed by atoms with Gasteiger partial charge in [-0.05, 0) is 31.6 Å². The lowest BCUT2D eigenvalue weighted by molar-refractivity contribution is -0.161. The van der Waals surface area contributed by atoms with E-state index in [1.54, 1.807) is 0 Å². The third kappa shape index (κ3) is 64.8. The van der Waals surface area contributed by atoms with E-state index < -0.39 is 97.5 Å². The molecule has 90 heavy (non-hydrogen) atoms. The fourth-order valence-corrected chi connectivity index (χ4v) is 12.4. The standard InChI is InChI=1S/C71H138O17P2/c1-6-9-12-15-18-20-22-24-26-27-28-29-30-32-34-36-41-46-51-56-70(75)87-67(61-82-69(74)55-50-45-40-35-33-31-25-23-21-19-16-13-10-7-2)63-86-90(79,80)84-59-65(72)58-83-89(77,78)85-62-66(60-81-68(73)54-49-44-38-17-14-11-8-3)88-71(76)57-52-47-42-37-39-43-48-53-64(4)5/h64-67,72H,6-63H2,1-5H3,(H,77,78)(H,79,80)/t65-,66+,67+/m0/s1. The Hall–Kier alpha value is -1.94. The van der Waals surface area contributed by atoms with Gasteiger partial charge in [0.1, 0.15) is 19.3 Å². The molecule has 3 N–H and O–H groups in total. The summed E-state index contributed by atoms with van der Waals surface area (Å²) >= 11 is 0. The number of carbonyl (C=O) groups excluding carboxylic acids is 4. The van der Waals surface area contributed by atoms with Crippen molar-refractivity contribution in [1.29, 1.82) is 0 Å². The molecule has 0 bridgehead atoms. The van der Waals surface area contributed by atoms with Gasteiger partial charge in [-0.1, -0.05) is 317 Å². The third-order valence-corrected chi connectivity index (χ3v) is 18.4. The van der Waals surface area contributed by atoms with Gasteiger partial charge in [0.05, 0.1) is 26.4 Å². The Morgan fingerprint density at radius 3 is 0.756 bits per heavy atom. The van der Waals surface area contributed by atoms with E-state index in [0.29, 0.717) is 31.6 Å². The molecule has 0 spiro atoms. The van der Waals surface area contributed by atoms with Crippen LogP contribution in [0.1, 0.15) is 369 Å². The lowest BCUT2D eigenvalue weighted by Crippen LogP contribution is -2.30. The molecule has 0 fully saturated rings. The normalized spacial score (nSPS) is 14.1. The zero-order valence-corrected chi connectivity index (χ0v) is 60.1. The van der Waals surface area contributed by atoms with E-state index in [-0.39, 0.29) is 25.7 Å². The Morgan fingerprint density at radius 1 is 0.300 bits per heavy atom. The highest BCUT2D eigenvalue weighted by Gasteiger charge is 2.30. The highest BCUT2D eigenvalue weighted by atomic mass is 31.2. The maximum absolute atomic E-state index is 13.0. The quantitative estimate of drug-likeness (QED) is 0.0222. The fourth-order valence-electron chi connectivity index (χ4n) is 10.8. The minimum atomic E-state index is -4.95. The van der Waals surface area contributed by atoms with Crippen LogP contribution in [0.4, 0.5) is 0 Å². The van der Waals surface area contributed by atoms with Gasteiger partial charge in [-0.2, -0.15) is 0 Å². The molecule has 0 saturated carbocycles. The van der Waals surface area contributed by atoms with E-state index >= 15 is 0 Å². The highest BCUT2D eigenvalue weighted by molar-refractivity contribution is 7.47. The number of hydrogen-bond donors (Lipinski definition) is 3. The van der Waals surface area contributed by atoms with Crippen LogP contribution < -0.4 is 0 Å². The molecule has 17 nitrogen and oxygen atoms in total. The number of aliphatic hydroxyl groups excluding tert-OH is 1. The summed E-state index contributed by atoms with van der Waals surface area (Å²) in [6.45, 7) is 7.15. The minimum Gasteiger partial charge on any atom is -0.462 e. The molecule has 0 aromatic rings. The second-order valence-corrected chi connectivity index (χ2v) is 29.0. The van der Waals surface area contributed by atoms with Crippen LogP contribution in [-0.4, -0.2) is 96.7 Å². The van der Waals surface area contributed by atoms with Gasteiger partial charge in [-0.3, -0.25) is 37.3 Å². The number of esters is 4. The first kappa shape index (κ1) is 88.1. The largest absolute Gasteiger partial charge is 0.472 e. The molecule has 2 unspecified atom stereocenters. The van der Waals surface area contributed by atoms with Crippen LogP contribution in [0.5, 0.6) is 0 Å². The number of aliphatic hydroxyl groups is 1. The summed E-state index contributed by atoms with van der Waals surface area (Å²) < 4.78 is 68.2. The van der Waals surface area contributed by atoms with Crippen LogP contribution >= 0.6 is 15.6 Å². The average Bonchev–Trinajstić information content (AvgIpc) is 3.45. The molecule has 0 heterocycles. The Labute approximate surface area is 549 Å². The van der Waals surface area contributed by atoms with Gasteiger partial charge in [0.25, 0.3) is 0 Å². The van der Waals surface area contributed by atoms with E-state index in [1.165, 1.54) is 180 Å². The average molecular weight is 1330 g/mol. The molecule has 19 heteroatoms. The Balaban J connectivity index is 5.17. The van der Waals surface area contributed by atoms with Crippen LogP contribution in [-0.2, 0) is 65.4 Å². The summed E-state index contributed by atoms with van der Waals surface area (Å²) in [6.07, 6.45) is 51.6. The summed E-state index contributed by atoms with van der Waals surface area (Å²) in [6, 6.07) is 0. The number of phosphoric acid groups is 2. The summed E-state index contributed by atoms with van der Waals surface area (Å²) in [7, 11) is -9.89. The van der Waals surface area contributed by atoms with Crippen LogP contribution in [0.15, 0.2) is 0 Å². The predicted molar refractivity (Wildman–Crippen MR) is 363 cm³/mol.